The van der Waals surface area contributed by atoms with Crippen molar-refractivity contribution in [1.29, 1.82) is 0 Å². The van der Waals surface area contributed by atoms with Gasteiger partial charge in [0.05, 0.1) is 13.0 Å². The number of hydrogen-bond donors (Lipinski definition) is 0. The molecule has 0 saturated carbocycles. The lowest BCUT2D eigenvalue weighted by Gasteiger charge is -2.15. The van der Waals surface area contributed by atoms with Crippen molar-refractivity contribution in [3.63, 3.8) is 0 Å². The molecule has 0 aliphatic carbocycles. The number of aromatic nitrogens is 2. The summed E-state index contributed by atoms with van der Waals surface area (Å²) in [4.78, 5) is 18.8. The van der Waals surface area contributed by atoms with Crippen molar-refractivity contribution >= 4 is 22.6 Å². The monoisotopic (exact) mass is 389 g/mol. The molecule has 1 aliphatic rings. The van der Waals surface area contributed by atoms with Crippen LogP contribution in [-0.4, -0.2) is 29.7 Å². The van der Waals surface area contributed by atoms with Gasteiger partial charge in [0, 0.05) is 29.6 Å². The highest BCUT2D eigenvalue weighted by atomic mass is 16.5. The van der Waals surface area contributed by atoms with Crippen LogP contribution in [0.2, 0.25) is 0 Å². The molecule has 29 heavy (non-hydrogen) atoms. The molecule has 0 unspecified atom stereocenters. The Morgan fingerprint density at radius 1 is 1.17 bits per heavy atom. The zero-order chi connectivity index (χ0) is 20.0. The summed E-state index contributed by atoms with van der Waals surface area (Å²) in [6.45, 7) is 2.47. The van der Waals surface area contributed by atoms with Gasteiger partial charge < -0.3 is 18.6 Å². The molecule has 0 N–H and O–H groups in total. The third-order valence-corrected chi connectivity index (χ3v) is 5.33. The number of carbonyl (C=O) groups excluding carboxylic acids is 1. The van der Waals surface area contributed by atoms with Gasteiger partial charge in [0.2, 0.25) is 17.6 Å². The van der Waals surface area contributed by atoms with Crippen LogP contribution < -0.4 is 9.64 Å². The Hall–Kier alpha value is -3.61. The van der Waals surface area contributed by atoms with E-state index < -0.39 is 0 Å². The lowest BCUT2D eigenvalue weighted by molar-refractivity contribution is -0.117. The Balaban J connectivity index is 1.44. The molecule has 2 aromatic heterocycles. The summed E-state index contributed by atoms with van der Waals surface area (Å²) in [6.07, 6.45) is 0.340. The predicted molar refractivity (Wildman–Crippen MR) is 107 cm³/mol. The number of amides is 1. The van der Waals surface area contributed by atoms with Crippen molar-refractivity contribution in [2.75, 3.05) is 18.6 Å². The Bertz CT molecular complexity index is 1200. The van der Waals surface area contributed by atoms with Crippen LogP contribution in [0.5, 0.6) is 5.75 Å². The van der Waals surface area contributed by atoms with Gasteiger partial charge >= 0.3 is 0 Å². The largest absolute Gasteiger partial charge is 0.497 e. The fourth-order valence-corrected chi connectivity index (χ4v) is 3.76. The number of aryl methyl sites for hydroxylation is 1. The van der Waals surface area contributed by atoms with Gasteiger partial charge in [-0.3, -0.25) is 4.79 Å². The Morgan fingerprint density at radius 2 is 2.00 bits per heavy atom. The third-order valence-electron chi connectivity index (χ3n) is 5.33. The van der Waals surface area contributed by atoms with E-state index in [1.165, 1.54) is 0 Å². The fraction of sp³-hybridized carbons (Fsp3) is 0.227. The molecule has 1 saturated heterocycles. The standard InChI is InChI=1S/C22H19N3O4/c1-13-17-11-16(27-2)8-9-18(17)28-20(13)21-23-22(29-24-21)14-10-19(26)25(12-14)15-6-4-3-5-7-15/h3-9,11,14H,10,12H2,1-2H3/t14-/m0/s1. The first-order chi connectivity index (χ1) is 14.1. The highest BCUT2D eigenvalue weighted by molar-refractivity contribution is 5.96. The van der Waals surface area contributed by atoms with Crippen LogP contribution in [0.25, 0.3) is 22.6 Å². The molecule has 4 aromatic rings. The Kier molecular flexibility index (Phi) is 4.08. The molecule has 7 heteroatoms. The van der Waals surface area contributed by atoms with Gasteiger partial charge in [0.15, 0.2) is 5.76 Å². The van der Waals surface area contributed by atoms with Crippen LogP contribution in [0.4, 0.5) is 5.69 Å². The van der Waals surface area contributed by atoms with Crippen molar-refractivity contribution in [3.8, 4) is 17.3 Å². The minimum Gasteiger partial charge on any atom is -0.497 e. The summed E-state index contributed by atoms with van der Waals surface area (Å²) < 4.78 is 16.8. The number of fused-ring (bicyclic) bond motifs is 1. The molecule has 2 aromatic carbocycles. The second-order valence-corrected chi connectivity index (χ2v) is 7.12. The zero-order valence-corrected chi connectivity index (χ0v) is 16.1. The number of ether oxygens (including phenoxy) is 1. The number of furan rings is 1. The van der Waals surface area contributed by atoms with Crippen molar-refractivity contribution in [2.45, 2.75) is 19.3 Å². The predicted octanol–water partition coefficient (Wildman–Crippen LogP) is 4.32. The van der Waals surface area contributed by atoms with E-state index in [1.54, 1.807) is 12.0 Å². The van der Waals surface area contributed by atoms with Crippen LogP contribution in [-0.2, 0) is 4.79 Å². The second-order valence-electron chi connectivity index (χ2n) is 7.12. The van der Waals surface area contributed by atoms with Gasteiger partial charge in [-0.1, -0.05) is 23.4 Å². The summed E-state index contributed by atoms with van der Waals surface area (Å²) in [5, 5.41) is 5.05. The van der Waals surface area contributed by atoms with E-state index in [9.17, 15) is 4.79 Å². The third kappa shape index (κ3) is 2.95. The maximum atomic E-state index is 12.5. The quantitative estimate of drug-likeness (QED) is 0.517. The molecule has 1 atom stereocenters. The van der Waals surface area contributed by atoms with E-state index in [2.05, 4.69) is 10.1 Å². The molecule has 0 bridgehead atoms. The lowest BCUT2D eigenvalue weighted by atomic mass is 10.1. The van der Waals surface area contributed by atoms with Gasteiger partial charge in [-0.05, 0) is 37.3 Å². The van der Waals surface area contributed by atoms with Gasteiger partial charge in [0.1, 0.15) is 11.3 Å². The minimum absolute atomic E-state index is 0.0490. The first-order valence-electron chi connectivity index (χ1n) is 9.40. The fourth-order valence-electron chi connectivity index (χ4n) is 3.76. The number of anilines is 1. The molecular weight excluding hydrogens is 370 g/mol. The summed E-state index contributed by atoms with van der Waals surface area (Å²) >= 11 is 0. The molecule has 5 rings (SSSR count). The van der Waals surface area contributed by atoms with Crippen molar-refractivity contribution in [1.82, 2.24) is 10.1 Å². The van der Waals surface area contributed by atoms with E-state index in [0.717, 1.165) is 28.0 Å². The van der Waals surface area contributed by atoms with Crippen molar-refractivity contribution in [2.24, 2.45) is 0 Å². The number of nitrogens with zero attached hydrogens (tertiary/aromatic N) is 3. The SMILES string of the molecule is COc1ccc2oc(-c3noc([C@H]4CC(=O)N(c5ccccc5)C4)n3)c(C)c2c1. The highest BCUT2D eigenvalue weighted by Gasteiger charge is 2.35. The second kappa shape index (κ2) is 6.77. The van der Waals surface area contributed by atoms with E-state index in [1.807, 2.05) is 55.5 Å². The molecule has 1 aliphatic heterocycles. The molecular formula is C22H19N3O4. The van der Waals surface area contributed by atoms with E-state index in [0.29, 0.717) is 30.4 Å². The summed E-state index contributed by atoms with van der Waals surface area (Å²) in [5.41, 5.74) is 2.53. The van der Waals surface area contributed by atoms with Crippen LogP contribution >= 0.6 is 0 Å². The lowest BCUT2D eigenvalue weighted by Crippen LogP contribution is -2.24. The number of benzene rings is 2. The molecule has 1 amide bonds. The van der Waals surface area contributed by atoms with E-state index >= 15 is 0 Å². The van der Waals surface area contributed by atoms with Crippen LogP contribution in [0.1, 0.15) is 23.8 Å². The number of hydrogen-bond acceptors (Lipinski definition) is 6. The van der Waals surface area contributed by atoms with Gasteiger partial charge in [-0.25, -0.2) is 0 Å². The van der Waals surface area contributed by atoms with Gasteiger partial charge in [-0.2, -0.15) is 4.98 Å². The Labute approximate surface area is 166 Å². The Morgan fingerprint density at radius 3 is 2.79 bits per heavy atom. The van der Waals surface area contributed by atoms with Gasteiger partial charge in [0.25, 0.3) is 0 Å². The first-order valence-corrected chi connectivity index (χ1v) is 9.40. The molecule has 1 fully saturated rings. The zero-order valence-electron chi connectivity index (χ0n) is 16.1. The van der Waals surface area contributed by atoms with Crippen molar-refractivity contribution < 1.29 is 18.5 Å². The maximum absolute atomic E-state index is 12.5. The maximum Gasteiger partial charge on any atom is 0.238 e. The van der Waals surface area contributed by atoms with Crippen LogP contribution in [0, 0.1) is 6.92 Å². The number of carbonyl (C=O) groups is 1. The first kappa shape index (κ1) is 17.5. The van der Waals surface area contributed by atoms with E-state index in [4.69, 9.17) is 13.7 Å². The number of methoxy groups -OCH3 is 1. The van der Waals surface area contributed by atoms with Crippen LogP contribution in [0.15, 0.2) is 57.5 Å². The van der Waals surface area contributed by atoms with Gasteiger partial charge in [-0.15, -0.1) is 0 Å². The van der Waals surface area contributed by atoms with Crippen LogP contribution in [0.3, 0.4) is 0 Å². The average molecular weight is 389 g/mol. The molecule has 0 spiro atoms. The highest BCUT2D eigenvalue weighted by Crippen LogP contribution is 2.36. The molecule has 7 nitrogen and oxygen atoms in total. The van der Waals surface area contributed by atoms with E-state index in [-0.39, 0.29) is 11.8 Å². The molecule has 0 radical (unpaired) electrons. The normalized spacial score (nSPS) is 16.7. The molecule has 146 valence electrons. The number of rotatable bonds is 4. The summed E-state index contributed by atoms with van der Waals surface area (Å²) in [7, 11) is 1.63. The summed E-state index contributed by atoms with van der Waals surface area (Å²) in [6, 6.07) is 15.2. The molecule has 3 heterocycles. The van der Waals surface area contributed by atoms with Crippen molar-refractivity contribution in [3.05, 3.63) is 60.0 Å². The summed E-state index contributed by atoms with van der Waals surface area (Å²) in [5.74, 6) is 2.06. The topological polar surface area (TPSA) is 81.6 Å². The minimum atomic E-state index is -0.145. The number of para-hydroxylation sites is 1. The smallest absolute Gasteiger partial charge is 0.238 e. The average Bonchev–Trinajstić information content (AvgIpc) is 3.46.